The summed E-state index contributed by atoms with van der Waals surface area (Å²) in [5.41, 5.74) is -1.36. The molecular formula is C32H16Cl2O4. The van der Waals surface area contributed by atoms with Crippen LogP contribution < -0.4 is 20.3 Å². The zero-order valence-corrected chi connectivity index (χ0v) is 21.1. The van der Waals surface area contributed by atoms with E-state index < -0.39 is 10.9 Å². The van der Waals surface area contributed by atoms with E-state index >= 15 is 0 Å². The van der Waals surface area contributed by atoms with Crippen molar-refractivity contribution in [3.63, 3.8) is 0 Å². The lowest BCUT2D eigenvalue weighted by Gasteiger charge is -2.18. The van der Waals surface area contributed by atoms with Crippen molar-refractivity contribution in [3.05, 3.63) is 128 Å². The van der Waals surface area contributed by atoms with Gasteiger partial charge in [-0.25, -0.2) is 0 Å². The molecule has 0 atom stereocenters. The summed E-state index contributed by atoms with van der Waals surface area (Å²) >= 11 is 12.1. The average molecular weight is 535 g/mol. The van der Waals surface area contributed by atoms with Crippen molar-refractivity contribution >= 4 is 66.3 Å². The Morgan fingerprint density at radius 1 is 0.474 bits per heavy atom. The van der Waals surface area contributed by atoms with Gasteiger partial charge in [0.05, 0.1) is 5.39 Å². The first-order chi connectivity index (χ1) is 18.5. The molecule has 7 aromatic rings. The Balaban J connectivity index is 1.64. The van der Waals surface area contributed by atoms with Gasteiger partial charge in [-0.05, 0) is 87.6 Å². The minimum atomic E-state index is -0.739. The molecule has 0 saturated heterocycles. The lowest BCUT2D eigenvalue weighted by Crippen LogP contribution is -2.25. The average Bonchev–Trinajstić information content (AvgIpc) is 2.93. The highest BCUT2D eigenvalue weighted by molar-refractivity contribution is 6.34. The van der Waals surface area contributed by atoms with E-state index in [2.05, 4.69) is 0 Å². The van der Waals surface area contributed by atoms with E-state index in [1.807, 2.05) is 48.5 Å². The number of rotatable bonds is 4. The van der Waals surface area contributed by atoms with Crippen molar-refractivity contribution in [1.29, 1.82) is 0 Å². The molecule has 0 spiro atoms. The summed E-state index contributed by atoms with van der Waals surface area (Å²) in [5, 5.41) is 6.97. The van der Waals surface area contributed by atoms with Gasteiger partial charge >= 0.3 is 0 Å². The van der Waals surface area contributed by atoms with E-state index in [0.717, 1.165) is 26.9 Å². The summed E-state index contributed by atoms with van der Waals surface area (Å²) in [6, 6.07) is 29.1. The highest BCUT2D eigenvalue weighted by atomic mass is 35.5. The van der Waals surface area contributed by atoms with Gasteiger partial charge in [0.25, 0.3) is 5.43 Å². The highest BCUT2D eigenvalue weighted by Gasteiger charge is 2.25. The molecule has 7 rings (SSSR count). The Morgan fingerprint density at radius 2 is 1.05 bits per heavy atom. The fraction of sp³-hybridized carbons (Fsp3) is 0. The third-order valence-electron chi connectivity index (χ3n) is 6.82. The summed E-state index contributed by atoms with van der Waals surface area (Å²) < 4.78 is 12.4. The van der Waals surface area contributed by atoms with Crippen LogP contribution in [0.5, 0.6) is 23.0 Å². The van der Waals surface area contributed by atoms with Crippen LogP contribution >= 0.6 is 23.2 Å². The quantitative estimate of drug-likeness (QED) is 0.128. The van der Waals surface area contributed by atoms with Gasteiger partial charge in [-0.3, -0.25) is 9.59 Å². The Hall–Kier alpha value is -4.38. The largest absolute Gasteiger partial charge is 0.457 e. The van der Waals surface area contributed by atoms with E-state index in [1.54, 1.807) is 48.5 Å². The summed E-state index contributed by atoms with van der Waals surface area (Å²) in [7, 11) is 0. The van der Waals surface area contributed by atoms with Crippen molar-refractivity contribution < 1.29 is 9.47 Å². The Labute approximate surface area is 225 Å². The van der Waals surface area contributed by atoms with Crippen molar-refractivity contribution in [2.45, 2.75) is 0 Å². The molecule has 0 bridgehead atoms. The molecule has 182 valence electrons. The number of fused-ring (bicyclic) bond motifs is 2. The lowest BCUT2D eigenvalue weighted by atomic mass is 9.89. The number of hydrogen-bond acceptors (Lipinski definition) is 4. The second kappa shape index (κ2) is 8.59. The van der Waals surface area contributed by atoms with Crippen LogP contribution in [0.15, 0.2) is 107 Å². The molecule has 0 saturated carbocycles. The van der Waals surface area contributed by atoms with Crippen LogP contribution in [0.4, 0.5) is 0 Å². The van der Waals surface area contributed by atoms with Crippen molar-refractivity contribution in [3.8, 4) is 23.0 Å². The van der Waals surface area contributed by atoms with E-state index in [9.17, 15) is 9.59 Å². The molecule has 0 radical (unpaired) electrons. The molecular weight excluding hydrogens is 519 g/mol. The van der Waals surface area contributed by atoms with E-state index in [1.165, 1.54) is 0 Å². The maximum atomic E-state index is 13.8. The fourth-order valence-electron chi connectivity index (χ4n) is 5.20. The van der Waals surface area contributed by atoms with E-state index in [0.29, 0.717) is 43.5 Å². The van der Waals surface area contributed by atoms with Gasteiger partial charge in [-0.15, -0.1) is 0 Å². The third kappa shape index (κ3) is 3.46. The zero-order chi connectivity index (χ0) is 26.0. The molecule has 7 aromatic carbocycles. The van der Waals surface area contributed by atoms with Gasteiger partial charge in [0.1, 0.15) is 17.2 Å². The van der Waals surface area contributed by atoms with Gasteiger partial charge in [0.15, 0.2) is 5.75 Å². The van der Waals surface area contributed by atoms with Gasteiger partial charge < -0.3 is 9.47 Å². The van der Waals surface area contributed by atoms with Crippen molar-refractivity contribution in [2.75, 3.05) is 0 Å². The van der Waals surface area contributed by atoms with Crippen LogP contribution in [0.2, 0.25) is 10.0 Å². The predicted octanol–water partition coefficient (Wildman–Crippen LogP) is 8.79. The minimum absolute atomic E-state index is 0.0894. The lowest BCUT2D eigenvalue weighted by molar-refractivity contribution is 0.470. The smallest absolute Gasteiger partial charge is 0.269 e. The number of ether oxygens (including phenoxy) is 2. The molecule has 0 fully saturated rings. The monoisotopic (exact) mass is 534 g/mol. The predicted molar refractivity (Wildman–Crippen MR) is 154 cm³/mol. The van der Waals surface area contributed by atoms with Crippen LogP contribution in [0, 0.1) is 0 Å². The van der Waals surface area contributed by atoms with Gasteiger partial charge in [0, 0.05) is 20.8 Å². The Bertz CT molecular complexity index is 2120. The first-order valence-electron chi connectivity index (χ1n) is 11.9. The van der Waals surface area contributed by atoms with Gasteiger partial charge in [0.2, 0.25) is 5.43 Å². The molecule has 6 heteroatoms. The van der Waals surface area contributed by atoms with Crippen LogP contribution in [0.1, 0.15) is 0 Å². The third-order valence-corrected chi connectivity index (χ3v) is 7.33. The molecule has 0 N–H and O–H groups in total. The SMILES string of the molecule is O=c1c(Oc2ccc(Cl)cc2)c2c(Oc3ccc(Cl)cc3)ccc3c4cccc5cccc(c(c1=O)c23)c54. The topological polar surface area (TPSA) is 52.6 Å². The molecule has 0 heterocycles. The summed E-state index contributed by atoms with van der Waals surface area (Å²) in [5.74, 6) is 1.20. The van der Waals surface area contributed by atoms with Gasteiger partial charge in [-0.1, -0.05) is 59.6 Å². The molecule has 0 aliphatic rings. The molecule has 0 unspecified atom stereocenters. The summed E-state index contributed by atoms with van der Waals surface area (Å²) in [4.78, 5) is 27.5. The first-order valence-corrected chi connectivity index (χ1v) is 12.7. The molecule has 0 aromatic heterocycles. The molecule has 38 heavy (non-hydrogen) atoms. The maximum Gasteiger partial charge on any atom is 0.269 e. The number of halogens is 2. The first kappa shape index (κ1) is 22.8. The minimum Gasteiger partial charge on any atom is -0.457 e. The van der Waals surface area contributed by atoms with Crippen molar-refractivity contribution in [1.82, 2.24) is 0 Å². The molecule has 0 amide bonds. The normalized spacial score (nSPS) is 11.6. The zero-order valence-electron chi connectivity index (χ0n) is 19.6. The summed E-state index contributed by atoms with van der Waals surface area (Å²) in [6.45, 7) is 0. The number of benzene rings is 7. The van der Waals surface area contributed by atoms with E-state index in [-0.39, 0.29) is 5.75 Å². The van der Waals surface area contributed by atoms with Crippen molar-refractivity contribution in [2.24, 2.45) is 0 Å². The Kier molecular flexibility index (Phi) is 5.15. The molecule has 0 aliphatic heterocycles. The second-order valence-corrected chi connectivity index (χ2v) is 9.92. The van der Waals surface area contributed by atoms with E-state index in [4.69, 9.17) is 32.7 Å². The highest BCUT2D eigenvalue weighted by Crippen LogP contribution is 2.45. The van der Waals surface area contributed by atoms with Crippen LogP contribution in [-0.2, 0) is 0 Å². The van der Waals surface area contributed by atoms with Crippen LogP contribution in [0.25, 0.3) is 43.1 Å². The second-order valence-electron chi connectivity index (χ2n) is 9.04. The van der Waals surface area contributed by atoms with Crippen LogP contribution in [-0.4, -0.2) is 0 Å². The maximum absolute atomic E-state index is 13.8. The van der Waals surface area contributed by atoms with Gasteiger partial charge in [-0.2, -0.15) is 0 Å². The fourth-order valence-corrected chi connectivity index (χ4v) is 5.45. The summed E-state index contributed by atoms with van der Waals surface area (Å²) in [6.07, 6.45) is 0. The number of hydrogen-bond donors (Lipinski definition) is 0. The van der Waals surface area contributed by atoms with Crippen LogP contribution in [0.3, 0.4) is 0 Å². The Morgan fingerprint density at radius 3 is 1.71 bits per heavy atom. The molecule has 4 nitrogen and oxygen atoms in total. The molecule has 0 aliphatic carbocycles. The standard InChI is InChI=1S/C32H16Cl2O4/c33-18-7-11-20(12-8-18)37-25-16-15-23-22-5-1-3-17-4-2-6-24(26(17)22)28-27(23)29(25)32(31(36)30(28)35)38-21-13-9-19(34)10-14-21/h1-16H.